The van der Waals surface area contributed by atoms with Crippen LogP contribution in [0.4, 0.5) is 0 Å². The molecule has 17 heavy (non-hydrogen) atoms. The average molecular weight is 249 g/mol. The summed E-state index contributed by atoms with van der Waals surface area (Å²) in [6, 6.07) is 6.44. The van der Waals surface area contributed by atoms with E-state index < -0.39 is 0 Å². The van der Waals surface area contributed by atoms with E-state index in [0.29, 0.717) is 23.3 Å². The van der Waals surface area contributed by atoms with Gasteiger partial charge in [-0.05, 0) is 19.1 Å². The van der Waals surface area contributed by atoms with Gasteiger partial charge in [-0.1, -0.05) is 18.3 Å². The van der Waals surface area contributed by atoms with Crippen molar-refractivity contribution in [1.82, 2.24) is 0 Å². The monoisotopic (exact) mass is 249 g/mol. The van der Waals surface area contributed by atoms with Crippen LogP contribution in [0, 0.1) is 0 Å². The Bertz CT molecular complexity index is 633. The van der Waals surface area contributed by atoms with Crippen molar-refractivity contribution < 1.29 is 9.15 Å². The van der Waals surface area contributed by atoms with Gasteiger partial charge in [-0.2, -0.15) is 0 Å². The maximum absolute atomic E-state index is 11.9. The van der Waals surface area contributed by atoms with Crippen LogP contribution in [0.15, 0.2) is 33.5 Å². The van der Waals surface area contributed by atoms with Gasteiger partial charge >= 0.3 is 0 Å². The first-order valence-electron chi connectivity index (χ1n) is 5.13. The molecular weight excluding hydrogens is 238 g/mol. The summed E-state index contributed by atoms with van der Waals surface area (Å²) < 4.78 is 10.8. The zero-order valence-corrected chi connectivity index (χ0v) is 10.0. The van der Waals surface area contributed by atoms with E-state index >= 15 is 0 Å². The predicted octanol–water partition coefficient (Wildman–Crippen LogP) is 1.83. The standard InChI is InChI=1S/C12H11NO3S/c1-2-15-8-4-3-5-9-11(8)7(14)6-10(16-9)12(13)17/h3-6H,2H2,1H3,(H2,13,17). The number of thiocarbonyl (C=S) groups is 1. The van der Waals surface area contributed by atoms with Crippen LogP contribution >= 0.6 is 12.2 Å². The van der Waals surface area contributed by atoms with Crippen LogP contribution in [0.2, 0.25) is 0 Å². The normalized spacial score (nSPS) is 10.4. The molecule has 2 N–H and O–H groups in total. The van der Waals surface area contributed by atoms with Crippen molar-refractivity contribution in [2.24, 2.45) is 5.73 Å². The fourth-order valence-corrected chi connectivity index (χ4v) is 1.68. The second-order valence-electron chi connectivity index (χ2n) is 3.40. The smallest absolute Gasteiger partial charge is 0.197 e. The van der Waals surface area contributed by atoms with Crippen LogP contribution in [0.1, 0.15) is 12.7 Å². The summed E-state index contributed by atoms with van der Waals surface area (Å²) in [6.45, 7) is 2.33. The SMILES string of the molecule is CCOc1cccc2oc(C(N)=S)cc(=O)c12. The van der Waals surface area contributed by atoms with Crippen molar-refractivity contribution in [1.29, 1.82) is 0 Å². The van der Waals surface area contributed by atoms with E-state index in [1.165, 1.54) is 6.07 Å². The zero-order chi connectivity index (χ0) is 12.4. The largest absolute Gasteiger partial charge is 0.493 e. The zero-order valence-electron chi connectivity index (χ0n) is 9.23. The highest BCUT2D eigenvalue weighted by Crippen LogP contribution is 2.23. The second-order valence-corrected chi connectivity index (χ2v) is 3.84. The number of nitrogens with two attached hydrogens (primary N) is 1. The molecule has 0 aliphatic carbocycles. The molecule has 1 aromatic heterocycles. The molecule has 0 bridgehead atoms. The molecule has 0 spiro atoms. The summed E-state index contributed by atoms with van der Waals surface area (Å²) in [5, 5.41) is 0.411. The molecule has 0 fully saturated rings. The molecule has 0 unspecified atom stereocenters. The Kier molecular flexibility index (Phi) is 3.10. The maximum atomic E-state index is 11.9. The van der Waals surface area contributed by atoms with Crippen LogP contribution < -0.4 is 15.9 Å². The molecule has 0 amide bonds. The molecule has 0 saturated heterocycles. The number of fused-ring (bicyclic) bond motifs is 1. The van der Waals surface area contributed by atoms with E-state index in [-0.39, 0.29) is 16.2 Å². The third-order valence-electron chi connectivity index (χ3n) is 2.26. The fourth-order valence-electron chi connectivity index (χ4n) is 1.58. The number of hydrogen-bond donors (Lipinski definition) is 1. The minimum atomic E-state index is -0.210. The molecule has 1 heterocycles. The minimum Gasteiger partial charge on any atom is -0.493 e. The summed E-state index contributed by atoms with van der Waals surface area (Å²) in [5.74, 6) is 0.722. The van der Waals surface area contributed by atoms with E-state index in [0.717, 1.165) is 0 Å². The van der Waals surface area contributed by atoms with Gasteiger partial charge in [-0.25, -0.2) is 0 Å². The highest BCUT2D eigenvalue weighted by molar-refractivity contribution is 7.80. The Morgan fingerprint density at radius 1 is 1.53 bits per heavy atom. The first-order chi connectivity index (χ1) is 8.13. The van der Waals surface area contributed by atoms with E-state index in [9.17, 15) is 4.79 Å². The molecule has 0 aliphatic heterocycles. The van der Waals surface area contributed by atoms with Gasteiger partial charge in [-0.15, -0.1) is 0 Å². The van der Waals surface area contributed by atoms with Crippen molar-refractivity contribution in [3.63, 3.8) is 0 Å². The predicted molar refractivity (Wildman–Crippen MR) is 69.5 cm³/mol. The van der Waals surface area contributed by atoms with Gasteiger partial charge in [0.2, 0.25) is 0 Å². The topological polar surface area (TPSA) is 65.5 Å². The van der Waals surface area contributed by atoms with Gasteiger partial charge in [-0.3, -0.25) is 4.79 Å². The highest BCUT2D eigenvalue weighted by atomic mass is 32.1. The van der Waals surface area contributed by atoms with Gasteiger partial charge in [0.15, 0.2) is 11.2 Å². The lowest BCUT2D eigenvalue weighted by molar-refractivity contribution is 0.343. The Morgan fingerprint density at radius 2 is 2.29 bits per heavy atom. The Balaban J connectivity index is 2.76. The summed E-state index contributed by atoms with van der Waals surface area (Å²) in [7, 11) is 0. The van der Waals surface area contributed by atoms with E-state index in [4.69, 9.17) is 27.1 Å². The molecule has 5 heteroatoms. The van der Waals surface area contributed by atoms with E-state index in [1.54, 1.807) is 18.2 Å². The van der Waals surface area contributed by atoms with Crippen molar-refractivity contribution in [2.45, 2.75) is 6.92 Å². The van der Waals surface area contributed by atoms with Crippen LogP contribution in [0.5, 0.6) is 5.75 Å². The van der Waals surface area contributed by atoms with Crippen molar-refractivity contribution in [3.8, 4) is 5.75 Å². The van der Waals surface area contributed by atoms with Crippen LogP contribution in [-0.4, -0.2) is 11.6 Å². The molecule has 1 aromatic carbocycles. The minimum absolute atomic E-state index is 0.0609. The number of rotatable bonds is 3. The Morgan fingerprint density at radius 3 is 2.94 bits per heavy atom. The van der Waals surface area contributed by atoms with Gasteiger partial charge in [0.1, 0.15) is 21.7 Å². The van der Waals surface area contributed by atoms with Crippen LogP contribution in [0.3, 0.4) is 0 Å². The molecule has 88 valence electrons. The molecule has 4 nitrogen and oxygen atoms in total. The molecule has 0 aliphatic rings. The summed E-state index contributed by atoms with van der Waals surface area (Å²) in [6.07, 6.45) is 0. The molecule has 0 atom stereocenters. The van der Waals surface area contributed by atoms with Crippen molar-refractivity contribution >= 4 is 28.2 Å². The Labute approximate surface area is 103 Å². The fraction of sp³-hybridized carbons (Fsp3) is 0.167. The van der Waals surface area contributed by atoms with Gasteiger partial charge < -0.3 is 14.9 Å². The number of ether oxygens (including phenoxy) is 1. The summed E-state index contributed by atoms with van der Waals surface area (Å²) >= 11 is 4.78. The van der Waals surface area contributed by atoms with E-state index in [1.807, 2.05) is 6.92 Å². The first-order valence-corrected chi connectivity index (χ1v) is 5.53. The lowest BCUT2D eigenvalue weighted by Crippen LogP contribution is -2.13. The number of benzene rings is 1. The van der Waals surface area contributed by atoms with Gasteiger partial charge in [0.05, 0.1) is 6.61 Å². The van der Waals surface area contributed by atoms with Crippen LogP contribution in [-0.2, 0) is 0 Å². The molecule has 0 saturated carbocycles. The maximum Gasteiger partial charge on any atom is 0.197 e. The molecule has 2 rings (SSSR count). The van der Waals surface area contributed by atoms with Crippen molar-refractivity contribution in [3.05, 3.63) is 40.2 Å². The number of hydrogen-bond acceptors (Lipinski definition) is 4. The quantitative estimate of drug-likeness (QED) is 0.841. The van der Waals surface area contributed by atoms with Gasteiger partial charge in [0, 0.05) is 6.07 Å². The summed E-state index contributed by atoms with van der Waals surface area (Å²) in [4.78, 5) is 12.0. The third kappa shape index (κ3) is 2.14. The van der Waals surface area contributed by atoms with Crippen molar-refractivity contribution in [2.75, 3.05) is 6.61 Å². The average Bonchev–Trinajstić information content (AvgIpc) is 2.29. The van der Waals surface area contributed by atoms with E-state index in [2.05, 4.69) is 0 Å². The second kappa shape index (κ2) is 4.55. The van der Waals surface area contributed by atoms with Gasteiger partial charge in [0.25, 0.3) is 0 Å². The molecular formula is C12H11NO3S. The van der Waals surface area contributed by atoms with Crippen LogP contribution in [0.25, 0.3) is 11.0 Å². The molecule has 2 aromatic rings. The molecule has 0 radical (unpaired) electrons. The third-order valence-corrected chi connectivity index (χ3v) is 2.46. The first kappa shape index (κ1) is 11.6. The lowest BCUT2D eigenvalue weighted by Gasteiger charge is -2.06. The lowest BCUT2D eigenvalue weighted by atomic mass is 10.2. The highest BCUT2D eigenvalue weighted by Gasteiger charge is 2.10. The Hall–Kier alpha value is -1.88. The summed E-state index contributed by atoms with van der Waals surface area (Å²) in [5.41, 5.74) is 5.65.